The number of ether oxygens (including phenoxy) is 2. The zero-order valence-corrected chi connectivity index (χ0v) is 11.3. The molecule has 0 aliphatic carbocycles. The minimum Gasteiger partial charge on any atom is -0.384 e. The van der Waals surface area contributed by atoms with E-state index >= 15 is 0 Å². The fourth-order valence-corrected chi connectivity index (χ4v) is 2.40. The Morgan fingerprint density at radius 3 is 3.00 bits per heavy atom. The average molecular weight is 249 g/mol. The van der Waals surface area contributed by atoms with E-state index in [4.69, 9.17) is 9.47 Å². The lowest BCUT2D eigenvalue weighted by Gasteiger charge is -2.22. The molecule has 1 aromatic rings. The first-order valence-corrected chi connectivity index (χ1v) is 6.72. The van der Waals surface area contributed by atoms with Gasteiger partial charge in [-0.25, -0.2) is 0 Å². The minimum absolute atomic E-state index is 0.455. The van der Waals surface area contributed by atoms with Gasteiger partial charge in [-0.15, -0.1) is 0 Å². The maximum absolute atomic E-state index is 5.45. The van der Waals surface area contributed by atoms with Crippen molar-refractivity contribution in [2.45, 2.75) is 25.8 Å². The topological polar surface area (TPSA) is 30.5 Å². The molecule has 0 bridgehead atoms. The molecule has 1 heterocycles. The van der Waals surface area contributed by atoms with Crippen molar-refractivity contribution < 1.29 is 9.47 Å². The third kappa shape index (κ3) is 3.47. The molecule has 1 aromatic carbocycles. The summed E-state index contributed by atoms with van der Waals surface area (Å²) in [7, 11) is 1.74. The Morgan fingerprint density at radius 1 is 1.44 bits per heavy atom. The summed E-state index contributed by atoms with van der Waals surface area (Å²) < 4.78 is 10.6. The Balaban J connectivity index is 1.98. The number of hydrogen-bond acceptors (Lipinski definition) is 3. The van der Waals surface area contributed by atoms with Crippen LogP contribution in [0.2, 0.25) is 0 Å². The van der Waals surface area contributed by atoms with Gasteiger partial charge in [0.25, 0.3) is 0 Å². The summed E-state index contributed by atoms with van der Waals surface area (Å²) >= 11 is 0. The standard InChI is InChI=1S/C15H23NO2/c1-12(14-8-10-18-11-14)16-15-6-4-3-5-13(15)7-9-17-2/h3-6,12,14,16H,7-11H2,1-2H3. The highest BCUT2D eigenvalue weighted by molar-refractivity contribution is 5.51. The van der Waals surface area contributed by atoms with E-state index in [-0.39, 0.29) is 0 Å². The molecule has 100 valence electrons. The van der Waals surface area contributed by atoms with Crippen molar-refractivity contribution in [3.8, 4) is 0 Å². The molecular weight excluding hydrogens is 226 g/mol. The zero-order valence-electron chi connectivity index (χ0n) is 11.3. The number of para-hydroxylation sites is 1. The molecule has 0 saturated carbocycles. The van der Waals surface area contributed by atoms with Crippen LogP contribution in [0.1, 0.15) is 18.9 Å². The SMILES string of the molecule is COCCc1ccccc1NC(C)C1CCOC1. The predicted molar refractivity (Wildman–Crippen MR) is 74.0 cm³/mol. The maximum Gasteiger partial charge on any atom is 0.0514 e. The van der Waals surface area contributed by atoms with Gasteiger partial charge >= 0.3 is 0 Å². The van der Waals surface area contributed by atoms with E-state index in [0.717, 1.165) is 32.7 Å². The molecule has 3 nitrogen and oxygen atoms in total. The summed E-state index contributed by atoms with van der Waals surface area (Å²) in [6.45, 7) is 4.79. The van der Waals surface area contributed by atoms with Gasteiger partial charge in [0, 0.05) is 31.4 Å². The minimum atomic E-state index is 0.455. The van der Waals surface area contributed by atoms with Crippen LogP contribution in [0.4, 0.5) is 5.69 Å². The highest BCUT2D eigenvalue weighted by Crippen LogP contribution is 2.22. The molecule has 1 fully saturated rings. The molecule has 2 atom stereocenters. The zero-order chi connectivity index (χ0) is 12.8. The molecule has 2 rings (SSSR count). The first-order chi connectivity index (χ1) is 8.81. The maximum atomic E-state index is 5.45. The van der Waals surface area contributed by atoms with Crippen molar-refractivity contribution in [2.24, 2.45) is 5.92 Å². The Bertz CT molecular complexity index is 361. The lowest BCUT2D eigenvalue weighted by molar-refractivity contribution is 0.183. The Labute approximate surface area is 109 Å². The van der Waals surface area contributed by atoms with Crippen LogP contribution in [-0.2, 0) is 15.9 Å². The summed E-state index contributed by atoms with van der Waals surface area (Å²) in [5.74, 6) is 0.625. The second-order valence-corrected chi connectivity index (χ2v) is 4.96. The van der Waals surface area contributed by atoms with E-state index in [2.05, 4.69) is 36.5 Å². The van der Waals surface area contributed by atoms with Crippen LogP contribution in [-0.4, -0.2) is 33.0 Å². The van der Waals surface area contributed by atoms with Crippen molar-refractivity contribution >= 4 is 5.69 Å². The van der Waals surface area contributed by atoms with Gasteiger partial charge in [0.05, 0.1) is 13.2 Å². The number of methoxy groups -OCH3 is 1. The Morgan fingerprint density at radius 2 is 2.28 bits per heavy atom. The molecule has 0 aromatic heterocycles. The van der Waals surface area contributed by atoms with Crippen molar-refractivity contribution in [3.05, 3.63) is 29.8 Å². The lowest BCUT2D eigenvalue weighted by Crippen LogP contribution is -2.26. The van der Waals surface area contributed by atoms with Crippen LogP contribution in [0, 0.1) is 5.92 Å². The molecular formula is C15H23NO2. The largest absolute Gasteiger partial charge is 0.384 e. The van der Waals surface area contributed by atoms with Gasteiger partial charge in [-0.3, -0.25) is 0 Å². The number of nitrogens with one attached hydrogen (secondary N) is 1. The third-order valence-corrected chi connectivity index (χ3v) is 3.65. The smallest absolute Gasteiger partial charge is 0.0514 e. The number of benzene rings is 1. The fraction of sp³-hybridized carbons (Fsp3) is 0.600. The molecule has 0 amide bonds. The van der Waals surface area contributed by atoms with E-state index in [9.17, 15) is 0 Å². The number of hydrogen-bond donors (Lipinski definition) is 1. The van der Waals surface area contributed by atoms with Crippen LogP contribution < -0.4 is 5.32 Å². The Hall–Kier alpha value is -1.06. The lowest BCUT2D eigenvalue weighted by atomic mass is 9.99. The molecule has 1 aliphatic heterocycles. The van der Waals surface area contributed by atoms with E-state index in [0.29, 0.717) is 12.0 Å². The number of anilines is 1. The molecule has 3 heteroatoms. The Kier molecular flexibility index (Phi) is 5.02. The summed E-state index contributed by atoms with van der Waals surface area (Å²) in [6.07, 6.45) is 2.11. The number of rotatable bonds is 6. The second-order valence-electron chi connectivity index (χ2n) is 4.96. The molecule has 1 aliphatic rings. The summed E-state index contributed by atoms with van der Waals surface area (Å²) in [4.78, 5) is 0. The van der Waals surface area contributed by atoms with Gasteiger partial charge in [-0.2, -0.15) is 0 Å². The van der Waals surface area contributed by atoms with Gasteiger partial charge in [0.15, 0.2) is 0 Å². The first kappa shape index (κ1) is 13.4. The highest BCUT2D eigenvalue weighted by atomic mass is 16.5. The second kappa shape index (κ2) is 6.76. The molecule has 18 heavy (non-hydrogen) atoms. The van der Waals surface area contributed by atoms with Crippen molar-refractivity contribution in [2.75, 3.05) is 32.2 Å². The van der Waals surface area contributed by atoms with E-state index < -0.39 is 0 Å². The first-order valence-electron chi connectivity index (χ1n) is 6.72. The van der Waals surface area contributed by atoms with Gasteiger partial charge in [-0.1, -0.05) is 18.2 Å². The van der Waals surface area contributed by atoms with Crippen molar-refractivity contribution in [3.63, 3.8) is 0 Å². The van der Waals surface area contributed by atoms with Gasteiger partial charge < -0.3 is 14.8 Å². The molecule has 2 unspecified atom stereocenters. The summed E-state index contributed by atoms with van der Waals surface area (Å²) in [5, 5.41) is 3.63. The fourth-order valence-electron chi connectivity index (χ4n) is 2.40. The van der Waals surface area contributed by atoms with Crippen LogP contribution in [0.5, 0.6) is 0 Å². The van der Waals surface area contributed by atoms with Crippen LogP contribution in [0.15, 0.2) is 24.3 Å². The molecule has 1 saturated heterocycles. The monoisotopic (exact) mass is 249 g/mol. The van der Waals surface area contributed by atoms with E-state index in [1.165, 1.54) is 11.3 Å². The van der Waals surface area contributed by atoms with Gasteiger partial charge in [-0.05, 0) is 31.4 Å². The van der Waals surface area contributed by atoms with Crippen LogP contribution in [0.25, 0.3) is 0 Å². The van der Waals surface area contributed by atoms with Crippen LogP contribution in [0.3, 0.4) is 0 Å². The summed E-state index contributed by atoms with van der Waals surface area (Å²) in [5.41, 5.74) is 2.55. The van der Waals surface area contributed by atoms with E-state index in [1.54, 1.807) is 7.11 Å². The van der Waals surface area contributed by atoms with Crippen molar-refractivity contribution in [1.29, 1.82) is 0 Å². The van der Waals surface area contributed by atoms with Crippen LogP contribution >= 0.6 is 0 Å². The predicted octanol–water partition coefficient (Wildman–Crippen LogP) is 2.71. The average Bonchev–Trinajstić information content (AvgIpc) is 2.91. The van der Waals surface area contributed by atoms with Gasteiger partial charge in [0.2, 0.25) is 0 Å². The highest BCUT2D eigenvalue weighted by Gasteiger charge is 2.22. The van der Waals surface area contributed by atoms with Gasteiger partial charge in [0.1, 0.15) is 0 Å². The summed E-state index contributed by atoms with van der Waals surface area (Å²) in [6, 6.07) is 8.93. The normalized spacial score (nSPS) is 20.9. The molecule has 0 spiro atoms. The molecule has 1 N–H and O–H groups in total. The third-order valence-electron chi connectivity index (χ3n) is 3.65. The quantitative estimate of drug-likeness (QED) is 0.841. The molecule has 0 radical (unpaired) electrons. The van der Waals surface area contributed by atoms with E-state index in [1.807, 2.05) is 0 Å². The van der Waals surface area contributed by atoms with Crippen molar-refractivity contribution in [1.82, 2.24) is 0 Å².